The molecule has 0 aliphatic rings. The van der Waals surface area contributed by atoms with Gasteiger partial charge in [0.15, 0.2) is 23.0 Å². The number of ether oxygens (including phenoxy) is 4. The van der Waals surface area contributed by atoms with Gasteiger partial charge in [-0.1, -0.05) is 84.6 Å². The molecular formula is C44H32N4O4. The van der Waals surface area contributed by atoms with Gasteiger partial charge in [-0.05, 0) is 57.7 Å². The van der Waals surface area contributed by atoms with Crippen LogP contribution in [0.25, 0.3) is 43.4 Å². The molecule has 8 heteroatoms. The van der Waals surface area contributed by atoms with Crippen LogP contribution in [0.1, 0.15) is 22.6 Å². The smallest absolute Gasteiger partial charge is 0.205 e. The summed E-state index contributed by atoms with van der Waals surface area (Å²) >= 11 is 0. The van der Waals surface area contributed by atoms with Crippen LogP contribution in [0.5, 0.6) is 23.0 Å². The van der Waals surface area contributed by atoms with Gasteiger partial charge in [0.1, 0.15) is 12.0 Å². The van der Waals surface area contributed by atoms with E-state index in [1.165, 1.54) is 11.7 Å². The lowest BCUT2D eigenvalue weighted by Crippen LogP contribution is -1.94. The van der Waals surface area contributed by atoms with Crippen molar-refractivity contribution in [3.8, 4) is 46.7 Å². The van der Waals surface area contributed by atoms with Crippen molar-refractivity contribution in [3.05, 3.63) is 144 Å². The van der Waals surface area contributed by atoms with E-state index in [9.17, 15) is 0 Å². The van der Waals surface area contributed by atoms with E-state index in [2.05, 4.69) is 80.0 Å². The SMILES string of the molecule is COc1cc2cnc(C#Cc3cccc4ccccc34)nc2cc1OC.COc1cc2ncnc(C#Cc3cccc4ccccc34)c2cc1OC. The lowest BCUT2D eigenvalue weighted by molar-refractivity contribution is 0.356. The van der Waals surface area contributed by atoms with Crippen LogP contribution in [-0.2, 0) is 0 Å². The minimum atomic E-state index is 0.470. The quantitative estimate of drug-likeness (QED) is 0.171. The summed E-state index contributed by atoms with van der Waals surface area (Å²) in [5.41, 5.74) is 4.11. The Kier molecular flexibility index (Phi) is 9.72. The highest BCUT2D eigenvalue weighted by Gasteiger charge is 2.10. The Balaban J connectivity index is 0.000000162. The lowest BCUT2D eigenvalue weighted by Gasteiger charge is -2.09. The summed E-state index contributed by atoms with van der Waals surface area (Å²) in [5.74, 6) is 15.7. The highest BCUT2D eigenvalue weighted by atomic mass is 16.5. The van der Waals surface area contributed by atoms with Gasteiger partial charge in [0, 0.05) is 40.2 Å². The number of benzene rings is 6. The molecule has 8 nitrogen and oxygen atoms in total. The average Bonchev–Trinajstić information content (AvgIpc) is 3.21. The second-order valence-electron chi connectivity index (χ2n) is 11.5. The Morgan fingerprint density at radius 3 is 1.62 bits per heavy atom. The molecule has 0 saturated heterocycles. The summed E-state index contributed by atoms with van der Waals surface area (Å²) in [6.07, 6.45) is 3.26. The number of methoxy groups -OCH3 is 4. The van der Waals surface area contributed by atoms with Crippen molar-refractivity contribution < 1.29 is 18.9 Å². The van der Waals surface area contributed by atoms with Crippen molar-refractivity contribution >= 4 is 43.4 Å². The van der Waals surface area contributed by atoms with E-state index in [1.807, 2.05) is 72.8 Å². The summed E-state index contributed by atoms with van der Waals surface area (Å²) in [4.78, 5) is 17.6. The van der Waals surface area contributed by atoms with E-state index in [0.29, 0.717) is 34.5 Å². The van der Waals surface area contributed by atoms with Crippen LogP contribution in [0.15, 0.2) is 122 Å². The zero-order chi connectivity index (χ0) is 35.9. The molecule has 6 aromatic carbocycles. The third-order valence-electron chi connectivity index (χ3n) is 8.43. The molecule has 0 radical (unpaired) electrons. The molecule has 0 amide bonds. The van der Waals surface area contributed by atoms with Gasteiger partial charge in [-0.15, -0.1) is 0 Å². The Labute approximate surface area is 301 Å². The molecule has 0 fully saturated rings. The van der Waals surface area contributed by atoms with Crippen LogP contribution in [-0.4, -0.2) is 48.4 Å². The molecule has 0 spiro atoms. The van der Waals surface area contributed by atoms with E-state index < -0.39 is 0 Å². The second-order valence-corrected chi connectivity index (χ2v) is 11.5. The van der Waals surface area contributed by atoms with Gasteiger partial charge in [0.2, 0.25) is 5.82 Å². The zero-order valence-electron chi connectivity index (χ0n) is 29.0. The first-order valence-electron chi connectivity index (χ1n) is 16.3. The molecule has 8 rings (SSSR count). The maximum atomic E-state index is 5.39. The molecule has 252 valence electrons. The summed E-state index contributed by atoms with van der Waals surface area (Å²) in [7, 11) is 6.42. The van der Waals surface area contributed by atoms with Crippen LogP contribution >= 0.6 is 0 Å². The van der Waals surface area contributed by atoms with Gasteiger partial charge < -0.3 is 18.9 Å². The summed E-state index contributed by atoms with van der Waals surface area (Å²) in [5, 5.41) is 6.28. The Morgan fingerprint density at radius 2 is 0.981 bits per heavy atom. The van der Waals surface area contributed by atoms with E-state index >= 15 is 0 Å². The van der Waals surface area contributed by atoms with Gasteiger partial charge in [0.25, 0.3) is 0 Å². The molecule has 0 bridgehead atoms. The standard InChI is InChI=1S/2C22H16N2O2/c1-25-20-12-17-14-23-22(24-19(17)13-21(20)26-2)11-10-16-8-5-7-15-6-3-4-9-18(15)16;1-25-21-12-18-19(23-14-24-20(18)13-22(21)26-2)11-10-16-8-5-7-15-6-3-4-9-17(15)16/h2*3-9,12-14H,1-2H3. The predicted molar refractivity (Wildman–Crippen MR) is 205 cm³/mol. The van der Waals surface area contributed by atoms with Crippen LogP contribution in [0.2, 0.25) is 0 Å². The predicted octanol–water partition coefficient (Wildman–Crippen LogP) is 8.40. The minimum absolute atomic E-state index is 0.470. The summed E-state index contributed by atoms with van der Waals surface area (Å²) in [6.45, 7) is 0. The van der Waals surface area contributed by atoms with Crippen molar-refractivity contribution in [2.45, 2.75) is 0 Å². The number of aromatic nitrogens is 4. The normalized spacial score (nSPS) is 10.4. The monoisotopic (exact) mass is 680 g/mol. The maximum Gasteiger partial charge on any atom is 0.205 e. The third-order valence-corrected chi connectivity index (χ3v) is 8.43. The number of nitrogens with zero attached hydrogens (tertiary/aromatic N) is 4. The minimum Gasteiger partial charge on any atom is -0.493 e. The summed E-state index contributed by atoms with van der Waals surface area (Å²) in [6, 6.07) is 36.0. The fraction of sp³-hybridized carbons (Fsp3) is 0.0909. The molecule has 52 heavy (non-hydrogen) atoms. The zero-order valence-corrected chi connectivity index (χ0v) is 29.0. The fourth-order valence-electron chi connectivity index (χ4n) is 5.82. The van der Waals surface area contributed by atoms with Crippen LogP contribution in [0.4, 0.5) is 0 Å². The molecule has 0 unspecified atom stereocenters. The van der Waals surface area contributed by atoms with E-state index in [1.54, 1.807) is 34.6 Å². The van der Waals surface area contributed by atoms with Gasteiger partial charge >= 0.3 is 0 Å². The fourth-order valence-corrected chi connectivity index (χ4v) is 5.82. The Bertz CT molecular complexity index is 2700. The van der Waals surface area contributed by atoms with Crippen LogP contribution in [0.3, 0.4) is 0 Å². The largest absolute Gasteiger partial charge is 0.493 e. The van der Waals surface area contributed by atoms with E-state index in [4.69, 9.17) is 18.9 Å². The number of rotatable bonds is 4. The molecule has 0 aliphatic heterocycles. The van der Waals surface area contributed by atoms with E-state index in [0.717, 1.165) is 49.1 Å². The first-order chi connectivity index (χ1) is 25.6. The molecule has 0 N–H and O–H groups in total. The molecule has 8 aromatic rings. The van der Waals surface area contributed by atoms with Crippen LogP contribution in [0, 0.1) is 23.7 Å². The molecule has 0 atom stereocenters. The van der Waals surface area contributed by atoms with Crippen molar-refractivity contribution in [3.63, 3.8) is 0 Å². The highest BCUT2D eigenvalue weighted by molar-refractivity contribution is 5.90. The Morgan fingerprint density at radius 1 is 0.442 bits per heavy atom. The Hall–Kier alpha value is -7.16. The second kappa shape index (κ2) is 15.2. The molecule has 0 saturated carbocycles. The number of hydrogen-bond donors (Lipinski definition) is 0. The third kappa shape index (κ3) is 6.96. The van der Waals surface area contributed by atoms with Gasteiger partial charge in [-0.3, -0.25) is 0 Å². The molecule has 2 aromatic heterocycles. The van der Waals surface area contributed by atoms with Crippen LogP contribution < -0.4 is 18.9 Å². The molecule has 2 heterocycles. The van der Waals surface area contributed by atoms with Crippen molar-refractivity contribution in [2.75, 3.05) is 28.4 Å². The first kappa shape index (κ1) is 33.3. The highest BCUT2D eigenvalue weighted by Crippen LogP contribution is 2.33. The van der Waals surface area contributed by atoms with Crippen molar-refractivity contribution in [1.82, 2.24) is 19.9 Å². The number of hydrogen-bond acceptors (Lipinski definition) is 8. The topological polar surface area (TPSA) is 88.5 Å². The van der Waals surface area contributed by atoms with Gasteiger partial charge in [0.05, 0.1) is 39.5 Å². The lowest BCUT2D eigenvalue weighted by atomic mass is 10.0. The first-order valence-corrected chi connectivity index (χ1v) is 16.3. The maximum absolute atomic E-state index is 5.39. The van der Waals surface area contributed by atoms with Gasteiger partial charge in [-0.25, -0.2) is 19.9 Å². The van der Waals surface area contributed by atoms with Gasteiger partial charge in [-0.2, -0.15) is 0 Å². The van der Waals surface area contributed by atoms with Crippen molar-refractivity contribution in [1.29, 1.82) is 0 Å². The molecule has 0 aliphatic carbocycles. The van der Waals surface area contributed by atoms with Crippen molar-refractivity contribution in [2.24, 2.45) is 0 Å². The summed E-state index contributed by atoms with van der Waals surface area (Å²) < 4.78 is 21.4. The average molecular weight is 681 g/mol. The number of fused-ring (bicyclic) bond motifs is 4. The molecular weight excluding hydrogens is 649 g/mol. The van der Waals surface area contributed by atoms with E-state index in [-0.39, 0.29) is 0 Å².